The first kappa shape index (κ1) is 19.2. The second kappa shape index (κ2) is 7.56. The summed E-state index contributed by atoms with van der Waals surface area (Å²) in [5.74, 6) is -0.865. The molecule has 0 bridgehead atoms. The summed E-state index contributed by atoms with van der Waals surface area (Å²) in [5, 5.41) is 5.34. The number of rotatable bonds is 6. The Morgan fingerprint density at radius 2 is 1.78 bits per heavy atom. The Balaban J connectivity index is 1.73. The minimum atomic E-state index is -1.15. The van der Waals surface area contributed by atoms with Crippen LogP contribution in [0.2, 0.25) is 5.02 Å². The van der Waals surface area contributed by atoms with E-state index in [2.05, 4.69) is 10.6 Å². The van der Waals surface area contributed by atoms with Gasteiger partial charge in [-0.05, 0) is 57.0 Å². The van der Waals surface area contributed by atoms with Crippen molar-refractivity contribution in [1.82, 2.24) is 0 Å². The topological polar surface area (TPSA) is 67.4 Å². The van der Waals surface area contributed by atoms with Crippen molar-refractivity contribution >= 4 is 34.8 Å². The molecule has 0 saturated heterocycles. The fraction of sp³-hybridized carbons (Fsp3) is 0.300. The third kappa shape index (κ3) is 4.22. The van der Waals surface area contributed by atoms with Crippen LogP contribution in [-0.2, 0) is 9.59 Å². The number of halogens is 2. The maximum Gasteiger partial charge on any atom is 0.240 e. The van der Waals surface area contributed by atoms with Crippen molar-refractivity contribution in [1.29, 1.82) is 0 Å². The van der Waals surface area contributed by atoms with E-state index in [9.17, 15) is 14.0 Å². The summed E-state index contributed by atoms with van der Waals surface area (Å²) < 4.78 is 19.0. The fourth-order valence-corrected chi connectivity index (χ4v) is 2.86. The van der Waals surface area contributed by atoms with Crippen LogP contribution in [0, 0.1) is 11.2 Å². The van der Waals surface area contributed by atoms with Crippen LogP contribution in [-0.4, -0.2) is 17.9 Å². The molecule has 0 spiro atoms. The lowest BCUT2D eigenvalue weighted by Crippen LogP contribution is -2.35. The van der Waals surface area contributed by atoms with E-state index in [0.29, 0.717) is 30.0 Å². The lowest BCUT2D eigenvalue weighted by molar-refractivity contribution is -0.131. The molecule has 3 rings (SSSR count). The number of hydrogen-bond acceptors (Lipinski definition) is 3. The highest BCUT2D eigenvalue weighted by molar-refractivity contribution is 6.31. The number of carbonyl (C=O) groups is 2. The summed E-state index contributed by atoms with van der Waals surface area (Å²) >= 11 is 5.74. The summed E-state index contributed by atoms with van der Waals surface area (Å²) in [7, 11) is 0. The maximum absolute atomic E-state index is 13.3. The van der Waals surface area contributed by atoms with Crippen molar-refractivity contribution in [3.05, 3.63) is 53.3 Å². The molecule has 7 heteroatoms. The molecule has 0 unspecified atom stereocenters. The zero-order valence-electron chi connectivity index (χ0n) is 15.0. The van der Waals surface area contributed by atoms with Crippen molar-refractivity contribution in [2.45, 2.75) is 32.8 Å². The smallest absolute Gasteiger partial charge is 0.240 e. The largest absolute Gasteiger partial charge is 0.489 e. The Bertz CT molecular complexity index is 881. The van der Waals surface area contributed by atoms with Crippen LogP contribution in [0.3, 0.4) is 0 Å². The highest BCUT2D eigenvalue weighted by Gasteiger charge is 2.56. The number of benzene rings is 2. The average Bonchev–Trinajstić information content (AvgIpc) is 3.41. The number of nitrogens with one attached hydrogen (secondary N) is 2. The highest BCUT2D eigenvalue weighted by atomic mass is 35.5. The van der Waals surface area contributed by atoms with Gasteiger partial charge in [0.05, 0.1) is 16.8 Å². The van der Waals surface area contributed by atoms with Crippen LogP contribution >= 0.6 is 11.6 Å². The Morgan fingerprint density at radius 3 is 2.41 bits per heavy atom. The second-order valence-electron chi connectivity index (χ2n) is 6.78. The summed E-state index contributed by atoms with van der Waals surface area (Å²) in [4.78, 5) is 25.4. The quantitative estimate of drug-likeness (QED) is 0.707. The van der Waals surface area contributed by atoms with Crippen LogP contribution in [0.5, 0.6) is 5.75 Å². The molecule has 2 aromatic carbocycles. The fourth-order valence-electron chi connectivity index (χ4n) is 2.68. The van der Waals surface area contributed by atoms with Crippen LogP contribution in [0.15, 0.2) is 42.5 Å². The molecule has 0 radical (unpaired) electrons. The van der Waals surface area contributed by atoms with E-state index in [1.807, 2.05) is 19.9 Å². The predicted octanol–water partition coefficient (Wildman–Crippen LogP) is 4.62. The molecular formula is C20H20ClFN2O3. The molecule has 2 N–H and O–H groups in total. The first-order valence-electron chi connectivity index (χ1n) is 8.65. The van der Waals surface area contributed by atoms with Crippen LogP contribution < -0.4 is 15.4 Å². The van der Waals surface area contributed by atoms with Gasteiger partial charge in [-0.25, -0.2) is 4.39 Å². The van der Waals surface area contributed by atoms with Gasteiger partial charge in [0.2, 0.25) is 11.8 Å². The standard InChI is InChI=1S/C20H20ClFN2O3/c1-12(2)27-17-6-4-3-5-16(17)24-19(26)20(9-10-20)18(25)23-13-7-8-15(22)14(21)11-13/h3-8,11-12H,9-10H2,1-2H3,(H,23,25)(H,24,26). The monoisotopic (exact) mass is 390 g/mol. The van der Waals surface area contributed by atoms with Crippen LogP contribution in [0.4, 0.5) is 15.8 Å². The van der Waals surface area contributed by atoms with Crippen molar-refractivity contribution in [3.8, 4) is 5.75 Å². The number of anilines is 2. The van der Waals surface area contributed by atoms with Gasteiger partial charge in [-0.1, -0.05) is 23.7 Å². The van der Waals surface area contributed by atoms with Gasteiger partial charge in [0.25, 0.3) is 0 Å². The van der Waals surface area contributed by atoms with Crippen LogP contribution in [0.25, 0.3) is 0 Å². The first-order valence-corrected chi connectivity index (χ1v) is 9.03. The second-order valence-corrected chi connectivity index (χ2v) is 7.19. The molecule has 0 aliphatic heterocycles. The van der Waals surface area contributed by atoms with E-state index < -0.39 is 23.0 Å². The van der Waals surface area contributed by atoms with Gasteiger partial charge in [0.15, 0.2) is 0 Å². The third-order valence-electron chi connectivity index (χ3n) is 4.29. The zero-order valence-corrected chi connectivity index (χ0v) is 15.8. The Hall–Kier alpha value is -2.60. The van der Waals surface area contributed by atoms with E-state index in [1.165, 1.54) is 12.1 Å². The van der Waals surface area contributed by atoms with Gasteiger partial charge in [-0.15, -0.1) is 0 Å². The number of ether oxygens (including phenoxy) is 1. The molecule has 0 atom stereocenters. The van der Waals surface area contributed by atoms with E-state index in [0.717, 1.165) is 6.07 Å². The van der Waals surface area contributed by atoms with Gasteiger partial charge in [0.1, 0.15) is 17.0 Å². The zero-order chi connectivity index (χ0) is 19.6. The summed E-state index contributed by atoms with van der Waals surface area (Å²) in [6.45, 7) is 3.78. The number of carbonyl (C=O) groups excluding carboxylic acids is 2. The molecule has 1 aliphatic carbocycles. The minimum absolute atomic E-state index is 0.0514. The van der Waals surface area contributed by atoms with E-state index >= 15 is 0 Å². The van der Waals surface area contributed by atoms with E-state index in [1.54, 1.807) is 18.2 Å². The van der Waals surface area contributed by atoms with Gasteiger partial charge in [-0.3, -0.25) is 9.59 Å². The molecule has 2 amide bonds. The lowest BCUT2D eigenvalue weighted by Gasteiger charge is -2.18. The Kier molecular flexibility index (Phi) is 5.37. The predicted molar refractivity (Wildman–Crippen MR) is 103 cm³/mol. The molecule has 5 nitrogen and oxygen atoms in total. The van der Waals surface area contributed by atoms with E-state index in [-0.39, 0.29) is 11.1 Å². The summed E-state index contributed by atoms with van der Waals surface area (Å²) in [6.07, 6.45) is 0.823. The molecule has 1 fully saturated rings. The Labute approximate surface area is 161 Å². The third-order valence-corrected chi connectivity index (χ3v) is 4.58. The molecule has 0 aromatic heterocycles. The van der Waals surface area contributed by atoms with Crippen molar-refractivity contribution < 1.29 is 18.7 Å². The van der Waals surface area contributed by atoms with Crippen molar-refractivity contribution in [3.63, 3.8) is 0 Å². The van der Waals surface area contributed by atoms with E-state index in [4.69, 9.17) is 16.3 Å². The molecule has 1 aliphatic rings. The minimum Gasteiger partial charge on any atom is -0.489 e. The Morgan fingerprint density at radius 1 is 1.11 bits per heavy atom. The average molecular weight is 391 g/mol. The van der Waals surface area contributed by atoms with Gasteiger partial charge < -0.3 is 15.4 Å². The number of para-hydroxylation sites is 2. The molecule has 142 valence electrons. The lowest BCUT2D eigenvalue weighted by atomic mass is 10.0. The van der Waals surface area contributed by atoms with Gasteiger partial charge in [-0.2, -0.15) is 0 Å². The normalized spacial score (nSPS) is 14.6. The van der Waals surface area contributed by atoms with Crippen molar-refractivity contribution in [2.75, 3.05) is 10.6 Å². The summed E-state index contributed by atoms with van der Waals surface area (Å²) in [5.41, 5.74) is -0.291. The number of amides is 2. The summed E-state index contributed by atoms with van der Waals surface area (Å²) in [6, 6.07) is 11.0. The number of hydrogen-bond donors (Lipinski definition) is 2. The van der Waals surface area contributed by atoms with Crippen molar-refractivity contribution in [2.24, 2.45) is 5.41 Å². The molecule has 27 heavy (non-hydrogen) atoms. The van der Waals surface area contributed by atoms with Gasteiger partial charge >= 0.3 is 0 Å². The SMILES string of the molecule is CC(C)Oc1ccccc1NC(=O)C1(C(=O)Nc2ccc(F)c(Cl)c2)CC1. The van der Waals surface area contributed by atoms with Gasteiger partial charge in [0, 0.05) is 5.69 Å². The molecule has 2 aromatic rings. The first-order chi connectivity index (χ1) is 12.8. The maximum atomic E-state index is 13.3. The highest BCUT2D eigenvalue weighted by Crippen LogP contribution is 2.48. The molecule has 1 saturated carbocycles. The van der Waals surface area contributed by atoms with Crippen LogP contribution in [0.1, 0.15) is 26.7 Å². The molecular weight excluding hydrogens is 371 g/mol. The molecule has 0 heterocycles.